The van der Waals surface area contributed by atoms with Gasteiger partial charge in [-0.1, -0.05) is 6.07 Å². The highest BCUT2D eigenvalue weighted by Crippen LogP contribution is 2.15. The maximum absolute atomic E-state index is 8.98. The first-order chi connectivity index (χ1) is 8.31. The minimum atomic E-state index is 0.520. The summed E-state index contributed by atoms with van der Waals surface area (Å²) >= 11 is 0. The third-order valence-corrected chi connectivity index (χ3v) is 2.33. The van der Waals surface area contributed by atoms with Gasteiger partial charge in [0.05, 0.1) is 11.8 Å². The van der Waals surface area contributed by atoms with Crippen molar-refractivity contribution in [2.24, 2.45) is 0 Å². The predicted octanol–water partition coefficient (Wildman–Crippen LogP) is 1.38. The normalized spacial score (nSPS) is 9.65. The molecule has 2 aromatic heterocycles. The van der Waals surface area contributed by atoms with Gasteiger partial charge in [-0.2, -0.15) is 10.4 Å². The third-order valence-electron chi connectivity index (χ3n) is 2.33. The van der Waals surface area contributed by atoms with Crippen molar-refractivity contribution in [3.63, 3.8) is 0 Å². The molecule has 5 nitrogen and oxygen atoms in total. The molecule has 0 aliphatic heterocycles. The first-order valence-corrected chi connectivity index (χ1v) is 5.13. The van der Waals surface area contributed by atoms with Gasteiger partial charge in [0.25, 0.3) is 0 Å². The largest absolute Gasteiger partial charge is 0.353 e. The Morgan fingerprint density at radius 2 is 2.24 bits per heavy atom. The Morgan fingerprint density at radius 3 is 2.94 bits per heavy atom. The van der Waals surface area contributed by atoms with Crippen LogP contribution in [0.5, 0.6) is 0 Å². The molecule has 0 radical (unpaired) electrons. The first kappa shape index (κ1) is 11.0. The van der Waals surface area contributed by atoms with E-state index in [1.807, 2.05) is 24.1 Å². The molecule has 5 heteroatoms. The van der Waals surface area contributed by atoms with E-state index in [1.165, 1.54) is 6.20 Å². The Balaban J connectivity index is 2.21. The van der Waals surface area contributed by atoms with E-state index in [9.17, 15) is 0 Å². The lowest BCUT2D eigenvalue weighted by molar-refractivity contribution is 0.859. The maximum Gasteiger partial charge on any atom is 0.169 e. The number of anilines is 1. The standard InChI is InChI=1S/C12H11N5/c1-17(9-10-3-2-5-14-8-10)12-11(7-13)4-6-15-16-12/h2-6,8H,9H2,1H3. The van der Waals surface area contributed by atoms with Crippen molar-refractivity contribution in [1.82, 2.24) is 15.2 Å². The smallest absolute Gasteiger partial charge is 0.169 e. The summed E-state index contributed by atoms with van der Waals surface area (Å²) < 4.78 is 0. The number of aromatic nitrogens is 3. The molecule has 0 N–H and O–H groups in total. The van der Waals surface area contributed by atoms with Gasteiger partial charge >= 0.3 is 0 Å². The average Bonchev–Trinajstić information content (AvgIpc) is 2.40. The summed E-state index contributed by atoms with van der Waals surface area (Å²) in [6, 6.07) is 7.62. The van der Waals surface area contributed by atoms with E-state index in [0.29, 0.717) is 17.9 Å². The lowest BCUT2D eigenvalue weighted by Crippen LogP contribution is -2.19. The Kier molecular flexibility index (Phi) is 3.26. The summed E-state index contributed by atoms with van der Waals surface area (Å²) in [5.41, 5.74) is 1.58. The van der Waals surface area contributed by atoms with E-state index >= 15 is 0 Å². The molecule has 2 aromatic rings. The molecule has 0 aliphatic carbocycles. The van der Waals surface area contributed by atoms with E-state index in [-0.39, 0.29) is 0 Å². The molecule has 2 rings (SSSR count). The molecule has 0 spiro atoms. The zero-order valence-electron chi connectivity index (χ0n) is 9.41. The van der Waals surface area contributed by atoms with Crippen molar-refractivity contribution in [2.45, 2.75) is 6.54 Å². The van der Waals surface area contributed by atoms with Crippen LogP contribution < -0.4 is 4.90 Å². The molecular formula is C12H11N5. The van der Waals surface area contributed by atoms with E-state index in [2.05, 4.69) is 21.3 Å². The van der Waals surface area contributed by atoms with Crippen LogP contribution in [-0.2, 0) is 6.54 Å². The summed E-state index contributed by atoms with van der Waals surface area (Å²) in [4.78, 5) is 5.92. The number of hydrogen-bond donors (Lipinski definition) is 0. The Hall–Kier alpha value is -2.48. The minimum absolute atomic E-state index is 0.520. The van der Waals surface area contributed by atoms with E-state index in [4.69, 9.17) is 5.26 Å². The summed E-state index contributed by atoms with van der Waals surface area (Å²) in [6.07, 6.45) is 5.03. The van der Waals surface area contributed by atoms with Crippen LogP contribution in [0.4, 0.5) is 5.82 Å². The van der Waals surface area contributed by atoms with Gasteiger partial charge in [0.15, 0.2) is 5.82 Å². The SMILES string of the molecule is CN(Cc1cccnc1)c1nnccc1C#N. The Bertz CT molecular complexity index is 532. The van der Waals surface area contributed by atoms with Crippen LogP contribution in [0.2, 0.25) is 0 Å². The summed E-state index contributed by atoms with van der Waals surface area (Å²) in [7, 11) is 1.87. The summed E-state index contributed by atoms with van der Waals surface area (Å²) in [6.45, 7) is 0.640. The van der Waals surface area contributed by atoms with Crippen LogP contribution >= 0.6 is 0 Å². The summed E-state index contributed by atoms with van der Waals surface area (Å²) in [5.74, 6) is 0.582. The highest BCUT2D eigenvalue weighted by Gasteiger charge is 2.09. The number of pyridine rings is 1. The molecule has 0 amide bonds. The van der Waals surface area contributed by atoms with Crippen molar-refractivity contribution in [1.29, 1.82) is 5.26 Å². The first-order valence-electron chi connectivity index (χ1n) is 5.13. The molecular weight excluding hydrogens is 214 g/mol. The minimum Gasteiger partial charge on any atom is -0.353 e. The monoisotopic (exact) mass is 225 g/mol. The second kappa shape index (κ2) is 5.03. The van der Waals surface area contributed by atoms with Crippen molar-refractivity contribution in [3.8, 4) is 6.07 Å². The molecule has 0 atom stereocenters. The van der Waals surface area contributed by atoms with E-state index in [1.54, 1.807) is 18.5 Å². The fourth-order valence-corrected chi connectivity index (χ4v) is 1.53. The fraction of sp³-hybridized carbons (Fsp3) is 0.167. The molecule has 0 fully saturated rings. The maximum atomic E-state index is 8.98. The van der Waals surface area contributed by atoms with Gasteiger partial charge in [-0.05, 0) is 17.7 Å². The highest BCUT2D eigenvalue weighted by atomic mass is 15.2. The van der Waals surface area contributed by atoms with Crippen molar-refractivity contribution in [3.05, 3.63) is 47.9 Å². The van der Waals surface area contributed by atoms with Gasteiger partial charge < -0.3 is 4.90 Å². The van der Waals surface area contributed by atoms with Gasteiger partial charge in [0.2, 0.25) is 0 Å². The van der Waals surface area contributed by atoms with Crippen LogP contribution in [-0.4, -0.2) is 22.2 Å². The molecule has 0 saturated heterocycles. The zero-order valence-corrected chi connectivity index (χ0v) is 9.41. The Morgan fingerprint density at radius 1 is 1.35 bits per heavy atom. The highest BCUT2D eigenvalue weighted by molar-refractivity contribution is 5.52. The second-order valence-corrected chi connectivity index (χ2v) is 3.60. The van der Waals surface area contributed by atoms with E-state index < -0.39 is 0 Å². The molecule has 2 heterocycles. The predicted molar refractivity (Wildman–Crippen MR) is 63.1 cm³/mol. The van der Waals surface area contributed by atoms with Gasteiger partial charge in [-0.25, -0.2) is 0 Å². The number of rotatable bonds is 3. The molecule has 84 valence electrons. The van der Waals surface area contributed by atoms with Crippen LogP contribution in [0.3, 0.4) is 0 Å². The van der Waals surface area contributed by atoms with Crippen LogP contribution in [0.15, 0.2) is 36.8 Å². The van der Waals surface area contributed by atoms with Crippen molar-refractivity contribution >= 4 is 5.82 Å². The molecule has 17 heavy (non-hydrogen) atoms. The third kappa shape index (κ3) is 2.55. The van der Waals surface area contributed by atoms with Gasteiger partial charge in [0.1, 0.15) is 6.07 Å². The van der Waals surface area contributed by atoms with Gasteiger partial charge in [-0.3, -0.25) is 4.98 Å². The quantitative estimate of drug-likeness (QED) is 0.789. The topological polar surface area (TPSA) is 65.7 Å². The average molecular weight is 225 g/mol. The van der Waals surface area contributed by atoms with Crippen molar-refractivity contribution < 1.29 is 0 Å². The summed E-state index contributed by atoms with van der Waals surface area (Å²) in [5, 5.41) is 16.8. The molecule has 0 bridgehead atoms. The number of nitrogens with zero attached hydrogens (tertiary/aromatic N) is 5. The van der Waals surface area contributed by atoms with Crippen LogP contribution in [0.25, 0.3) is 0 Å². The molecule has 0 unspecified atom stereocenters. The van der Waals surface area contributed by atoms with Crippen molar-refractivity contribution in [2.75, 3.05) is 11.9 Å². The number of nitriles is 1. The number of hydrogen-bond acceptors (Lipinski definition) is 5. The second-order valence-electron chi connectivity index (χ2n) is 3.60. The van der Waals surface area contributed by atoms with Gasteiger partial charge in [0, 0.05) is 26.0 Å². The molecule has 0 saturated carbocycles. The Labute approximate surface area is 99.4 Å². The van der Waals surface area contributed by atoms with Gasteiger partial charge in [-0.15, -0.1) is 5.10 Å². The van der Waals surface area contributed by atoms with Crippen LogP contribution in [0, 0.1) is 11.3 Å². The lowest BCUT2D eigenvalue weighted by atomic mass is 10.2. The molecule has 0 aliphatic rings. The zero-order chi connectivity index (χ0) is 12.1. The molecule has 0 aromatic carbocycles. The van der Waals surface area contributed by atoms with E-state index in [0.717, 1.165) is 5.56 Å². The van der Waals surface area contributed by atoms with Crippen LogP contribution in [0.1, 0.15) is 11.1 Å². The lowest BCUT2D eigenvalue weighted by Gasteiger charge is -2.17. The fourth-order valence-electron chi connectivity index (χ4n) is 1.53.